The van der Waals surface area contributed by atoms with Crippen LogP contribution in [0.2, 0.25) is 0 Å². The van der Waals surface area contributed by atoms with Crippen molar-refractivity contribution in [2.75, 3.05) is 0 Å². The molecule has 1 saturated heterocycles. The van der Waals surface area contributed by atoms with Gasteiger partial charge in [0.05, 0.1) is 23.1 Å². The molecule has 0 spiro atoms. The third kappa shape index (κ3) is 3.30. The van der Waals surface area contributed by atoms with Crippen molar-refractivity contribution in [1.29, 1.82) is 0 Å². The molecule has 1 aliphatic heterocycles. The zero-order chi connectivity index (χ0) is 18.6. The molecule has 134 valence electrons. The van der Waals surface area contributed by atoms with Gasteiger partial charge in [0.2, 0.25) is 0 Å². The van der Waals surface area contributed by atoms with Gasteiger partial charge < -0.3 is 9.31 Å². The Morgan fingerprint density at radius 3 is 2.16 bits per heavy atom. The van der Waals surface area contributed by atoms with Crippen molar-refractivity contribution < 1.29 is 22.5 Å². The predicted molar refractivity (Wildman–Crippen MR) is 87.2 cm³/mol. The van der Waals surface area contributed by atoms with E-state index in [4.69, 9.17) is 9.31 Å². The number of aryl methyl sites for hydroxylation is 1. The number of hydrogen-bond acceptors (Lipinski definition) is 4. The second-order valence-corrected chi connectivity index (χ2v) is 7.16. The Balaban J connectivity index is 2.08. The summed E-state index contributed by atoms with van der Waals surface area (Å²) in [6, 6.07) is 2.52. The Kier molecular flexibility index (Phi) is 4.00. The minimum Gasteiger partial charge on any atom is -0.399 e. The van der Waals surface area contributed by atoms with Crippen LogP contribution in [0.5, 0.6) is 0 Å². The van der Waals surface area contributed by atoms with E-state index in [1.54, 1.807) is 19.3 Å². The van der Waals surface area contributed by atoms with Gasteiger partial charge >= 0.3 is 13.3 Å². The van der Waals surface area contributed by atoms with Gasteiger partial charge in [-0.05, 0) is 45.3 Å². The third-order valence-corrected chi connectivity index (χ3v) is 4.66. The lowest BCUT2D eigenvalue weighted by molar-refractivity contribution is -0.141. The molecule has 0 saturated carbocycles. The van der Waals surface area contributed by atoms with Crippen LogP contribution in [-0.4, -0.2) is 33.1 Å². The third-order valence-electron chi connectivity index (χ3n) is 4.66. The van der Waals surface area contributed by atoms with Crippen molar-refractivity contribution in [3.63, 3.8) is 0 Å². The Hall–Kier alpha value is -1.87. The summed E-state index contributed by atoms with van der Waals surface area (Å²) in [7, 11) is 0.788. The number of nitrogens with zero attached hydrogens (tertiary/aromatic N) is 3. The number of pyridine rings is 1. The van der Waals surface area contributed by atoms with Crippen molar-refractivity contribution in [3.05, 3.63) is 30.2 Å². The van der Waals surface area contributed by atoms with E-state index in [0.717, 1.165) is 6.07 Å². The van der Waals surface area contributed by atoms with Gasteiger partial charge in [-0.3, -0.25) is 4.68 Å². The summed E-state index contributed by atoms with van der Waals surface area (Å²) in [6.45, 7) is 7.39. The molecule has 0 aliphatic carbocycles. The maximum Gasteiger partial charge on any atom is 0.494 e. The summed E-state index contributed by atoms with van der Waals surface area (Å²) >= 11 is 0. The molecule has 0 bridgehead atoms. The second kappa shape index (κ2) is 5.57. The summed E-state index contributed by atoms with van der Waals surface area (Å²) in [5.41, 5.74) is -1.33. The number of alkyl halides is 3. The van der Waals surface area contributed by atoms with E-state index in [9.17, 15) is 13.2 Å². The van der Waals surface area contributed by atoms with Crippen LogP contribution in [0.4, 0.5) is 13.2 Å². The van der Waals surface area contributed by atoms with Crippen molar-refractivity contribution in [1.82, 2.24) is 14.8 Å². The molecule has 0 atom stereocenters. The Morgan fingerprint density at radius 2 is 1.68 bits per heavy atom. The van der Waals surface area contributed by atoms with Crippen LogP contribution in [0.3, 0.4) is 0 Å². The molecule has 0 N–H and O–H groups in total. The van der Waals surface area contributed by atoms with Gasteiger partial charge in [-0.15, -0.1) is 0 Å². The fourth-order valence-corrected chi connectivity index (χ4v) is 2.51. The lowest BCUT2D eigenvalue weighted by atomic mass is 9.78. The highest BCUT2D eigenvalue weighted by Gasteiger charge is 2.52. The fraction of sp³-hybridized carbons (Fsp3) is 0.500. The van der Waals surface area contributed by atoms with Gasteiger partial charge in [0.15, 0.2) is 0 Å². The van der Waals surface area contributed by atoms with Crippen LogP contribution in [0.25, 0.3) is 11.3 Å². The first-order valence-corrected chi connectivity index (χ1v) is 7.83. The van der Waals surface area contributed by atoms with Crippen molar-refractivity contribution >= 4 is 12.6 Å². The number of halogens is 3. The molecule has 3 rings (SSSR count). The molecular formula is C16H19BF3N3O2. The quantitative estimate of drug-likeness (QED) is 0.779. The van der Waals surface area contributed by atoms with Gasteiger partial charge in [-0.25, -0.2) is 4.98 Å². The van der Waals surface area contributed by atoms with E-state index in [-0.39, 0.29) is 11.2 Å². The molecule has 2 aromatic heterocycles. The summed E-state index contributed by atoms with van der Waals surface area (Å²) < 4.78 is 53.1. The van der Waals surface area contributed by atoms with Crippen LogP contribution in [0, 0.1) is 0 Å². The van der Waals surface area contributed by atoms with Crippen LogP contribution < -0.4 is 5.46 Å². The molecule has 3 heterocycles. The average Bonchev–Trinajstić information content (AvgIpc) is 2.99. The molecule has 25 heavy (non-hydrogen) atoms. The lowest BCUT2D eigenvalue weighted by Gasteiger charge is -2.32. The summed E-state index contributed by atoms with van der Waals surface area (Å²) in [4.78, 5) is 3.74. The van der Waals surface area contributed by atoms with Gasteiger partial charge in [0, 0.05) is 18.8 Å². The molecule has 2 aromatic rings. The van der Waals surface area contributed by atoms with Gasteiger partial charge in [-0.1, -0.05) is 0 Å². The van der Waals surface area contributed by atoms with Crippen LogP contribution >= 0.6 is 0 Å². The number of rotatable bonds is 2. The first-order chi connectivity index (χ1) is 11.4. The smallest absolute Gasteiger partial charge is 0.399 e. The Labute approximate surface area is 144 Å². The normalized spacial score (nSPS) is 19.4. The highest BCUT2D eigenvalue weighted by atomic mass is 19.4. The predicted octanol–water partition coefficient (Wildman–Crippen LogP) is 2.80. The SMILES string of the molecule is Cn1cc(-c2cc(B3OC(C)(C)C(C)(C)O3)cc(C(F)(F)F)n2)cn1. The van der Waals surface area contributed by atoms with E-state index < -0.39 is 30.2 Å². The standard InChI is InChI=1S/C16H19BF3N3O2/c1-14(2)15(3,4)25-17(24-14)11-6-12(10-8-21-23(5)9-10)22-13(7-11)16(18,19)20/h6-9H,1-5H3. The zero-order valence-electron chi connectivity index (χ0n) is 14.7. The average molecular weight is 353 g/mol. The van der Waals surface area contributed by atoms with E-state index in [2.05, 4.69) is 10.1 Å². The van der Waals surface area contributed by atoms with E-state index in [1.807, 2.05) is 27.7 Å². The zero-order valence-corrected chi connectivity index (χ0v) is 14.7. The molecule has 1 fully saturated rings. The monoisotopic (exact) mass is 353 g/mol. The Morgan fingerprint density at radius 1 is 1.08 bits per heavy atom. The maximum atomic E-state index is 13.3. The summed E-state index contributed by atoms with van der Waals surface area (Å²) in [5.74, 6) is 0. The number of hydrogen-bond donors (Lipinski definition) is 0. The molecule has 0 radical (unpaired) electrons. The second-order valence-electron chi connectivity index (χ2n) is 7.16. The van der Waals surface area contributed by atoms with E-state index >= 15 is 0 Å². The summed E-state index contributed by atoms with van der Waals surface area (Å²) in [5, 5.41) is 3.99. The molecule has 9 heteroatoms. The lowest BCUT2D eigenvalue weighted by Crippen LogP contribution is -2.41. The molecule has 0 aromatic carbocycles. The molecule has 0 amide bonds. The first kappa shape index (κ1) is 17.9. The van der Waals surface area contributed by atoms with E-state index in [0.29, 0.717) is 5.56 Å². The van der Waals surface area contributed by atoms with Crippen molar-refractivity contribution in [2.45, 2.75) is 45.1 Å². The Bertz CT molecular complexity index is 786. The van der Waals surface area contributed by atoms with Gasteiger partial charge in [0.25, 0.3) is 0 Å². The minimum atomic E-state index is -4.57. The largest absolute Gasteiger partial charge is 0.494 e. The molecular weight excluding hydrogens is 334 g/mol. The fourth-order valence-electron chi connectivity index (χ4n) is 2.51. The van der Waals surface area contributed by atoms with Crippen LogP contribution in [0.1, 0.15) is 33.4 Å². The van der Waals surface area contributed by atoms with Crippen LogP contribution in [0.15, 0.2) is 24.5 Å². The first-order valence-electron chi connectivity index (χ1n) is 7.83. The van der Waals surface area contributed by atoms with Crippen molar-refractivity contribution in [3.8, 4) is 11.3 Å². The maximum absolute atomic E-state index is 13.3. The minimum absolute atomic E-state index is 0.174. The molecule has 1 aliphatic rings. The molecule has 5 nitrogen and oxygen atoms in total. The van der Waals surface area contributed by atoms with E-state index in [1.165, 1.54) is 10.9 Å². The van der Waals surface area contributed by atoms with Crippen molar-refractivity contribution in [2.24, 2.45) is 7.05 Å². The summed E-state index contributed by atoms with van der Waals surface area (Å²) in [6.07, 6.45) is -1.50. The highest BCUT2D eigenvalue weighted by molar-refractivity contribution is 6.62. The van der Waals surface area contributed by atoms with Gasteiger partial charge in [0.1, 0.15) is 5.69 Å². The van der Waals surface area contributed by atoms with Gasteiger partial charge in [-0.2, -0.15) is 18.3 Å². The molecule has 0 unspecified atom stereocenters. The topological polar surface area (TPSA) is 49.2 Å². The number of aromatic nitrogens is 3. The highest BCUT2D eigenvalue weighted by Crippen LogP contribution is 2.37. The van der Waals surface area contributed by atoms with Crippen LogP contribution in [-0.2, 0) is 22.5 Å².